The molecule has 0 N–H and O–H groups in total. The molecule has 0 saturated heterocycles. The number of hydrogen-bond donors (Lipinski definition) is 0. The van der Waals surface area contributed by atoms with E-state index in [-0.39, 0.29) is 24.2 Å². The number of hydrogen-bond acceptors (Lipinski definition) is 2. The second-order valence-electron chi connectivity index (χ2n) is 5.49. The monoisotopic (exact) mass is 249 g/mol. The molecule has 0 aliphatic rings. The van der Waals surface area contributed by atoms with Crippen molar-refractivity contribution in [3.05, 3.63) is 35.9 Å². The Labute approximate surface area is 110 Å². The van der Waals surface area contributed by atoms with Gasteiger partial charge in [-0.05, 0) is 33.3 Å². The van der Waals surface area contributed by atoms with Gasteiger partial charge in [-0.1, -0.05) is 30.3 Å². The van der Waals surface area contributed by atoms with Crippen molar-refractivity contribution in [3.8, 4) is 0 Å². The molecule has 0 saturated carbocycles. The Bertz CT molecular complexity index is 381. The molecule has 0 spiro atoms. The molecule has 100 valence electrons. The fraction of sp³-hybridized carbons (Fsp3) is 0.533. The molecule has 0 aliphatic heterocycles. The topological polar surface area (TPSA) is 29.5 Å². The van der Waals surface area contributed by atoms with Crippen LogP contribution in [0, 0.1) is 0 Å². The summed E-state index contributed by atoms with van der Waals surface area (Å²) in [7, 11) is 1.81. The number of ether oxygens (including phenoxy) is 1. The highest BCUT2D eigenvalue weighted by atomic mass is 16.5. The minimum Gasteiger partial charge on any atom is -0.366 e. The lowest BCUT2D eigenvalue weighted by molar-refractivity contribution is -0.141. The highest BCUT2D eigenvalue weighted by Crippen LogP contribution is 2.18. The van der Waals surface area contributed by atoms with Crippen LogP contribution in [0.25, 0.3) is 0 Å². The summed E-state index contributed by atoms with van der Waals surface area (Å²) in [5, 5.41) is 0. The lowest BCUT2D eigenvalue weighted by Gasteiger charge is -2.27. The van der Waals surface area contributed by atoms with Gasteiger partial charge >= 0.3 is 0 Å². The number of carbonyl (C=O) groups is 1. The number of nitrogens with zero attached hydrogens (tertiary/aromatic N) is 1. The molecule has 1 amide bonds. The van der Waals surface area contributed by atoms with Gasteiger partial charge in [0.25, 0.3) is 0 Å². The Kier molecular flexibility index (Phi) is 4.91. The first-order valence-corrected chi connectivity index (χ1v) is 6.26. The SMILES string of the molecule is CC(c1ccccc1)N(C)C(=O)COC(C)(C)C. The van der Waals surface area contributed by atoms with E-state index in [1.54, 1.807) is 4.90 Å². The van der Waals surface area contributed by atoms with Crippen LogP contribution in [0.2, 0.25) is 0 Å². The first-order valence-electron chi connectivity index (χ1n) is 6.26. The summed E-state index contributed by atoms with van der Waals surface area (Å²) < 4.78 is 5.51. The third-order valence-electron chi connectivity index (χ3n) is 2.88. The number of likely N-dealkylation sites (N-methyl/N-ethyl adjacent to an activating group) is 1. The van der Waals surface area contributed by atoms with Crippen molar-refractivity contribution in [1.82, 2.24) is 4.90 Å². The van der Waals surface area contributed by atoms with Crippen molar-refractivity contribution in [2.45, 2.75) is 39.3 Å². The van der Waals surface area contributed by atoms with Gasteiger partial charge in [-0.2, -0.15) is 0 Å². The van der Waals surface area contributed by atoms with Crippen LogP contribution in [-0.4, -0.2) is 30.1 Å². The van der Waals surface area contributed by atoms with Gasteiger partial charge in [0, 0.05) is 7.05 Å². The van der Waals surface area contributed by atoms with E-state index in [0.717, 1.165) is 5.56 Å². The fourth-order valence-corrected chi connectivity index (χ4v) is 1.55. The van der Waals surface area contributed by atoms with Gasteiger partial charge in [0.1, 0.15) is 6.61 Å². The summed E-state index contributed by atoms with van der Waals surface area (Å²) in [6, 6.07) is 10.0. The highest BCUT2D eigenvalue weighted by Gasteiger charge is 2.19. The summed E-state index contributed by atoms with van der Waals surface area (Å²) >= 11 is 0. The van der Waals surface area contributed by atoms with E-state index in [0.29, 0.717) is 0 Å². The van der Waals surface area contributed by atoms with Crippen molar-refractivity contribution in [1.29, 1.82) is 0 Å². The van der Waals surface area contributed by atoms with Gasteiger partial charge in [-0.3, -0.25) is 4.79 Å². The molecular weight excluding hydrogens is 226 g/mol. The van der Waals surface area contributed by atoms with Crippen LogP contribution in [0.3, 0.4) is 0 Å². The molecular formula is C15H23NO2. The second kappa shape index (κ2) is 6.01. The zero-order valence-corrected chi connectivity index (χ0v) is 11.9. The highest BCUT2D eigenvalue weighted by molar-refractivity contribution is 5.77. The Morgan fingerprint density at radius 2 is 1.83 bits per heavy atom. The quantitative estimate of drug-likeness (QED) is 0.821. The third kappa shape index (κ3) is 4.49. The summed E-state index contributed by atoms with van der Waals surface area (Å²) in [6.45, 7) is 7.98. The maximum absolute atomic E-state index is 12.0. The third-order valence-corrected chi connectivity index (χ3v) is 2.88. The molecule has 1 unspecified atom stereocenters. The summed E-state index contributed by atoms with van der Waals surface area (Å²) in [5.41, 5.74) is 0.844. The zero-order valence-electron chi connectivity index (χ0n) is 11.9. The van der Waals surface area contributed by atoms with Crippen LogP contribution in [0.4, 0.5) is 0 Å². The van der Waals surface area contributed by atoms with Crippen molar-refractivity contribution in [2.24, 2.45) is 0 Å². The summed E-state index contributed by atoms with van der Waals surface area (Å²) in [5.74, 6) is 0.00118. The van der Waals surface area contributed by atoms with E-state index >= 15 is 0 Å². The number of carbonyl (C=O) groups excluding carboxylic acids is 1. The number of amides is 1. The Balaban J connectivity index is 2.59. The van der Waals surface area contributed by atoms with Crippen LogP contribution < -0.4 is 0 Å². The van der Waals surface area contributed by atoms with Gasteiger partial charge in [-0.15, -0.1) is 0 Å². The van der Waals surface area contributed by atoms with E-state index in [9.17, 15) is 4.79 Å². The van der Waals surface area contributed by atoms with Gasteiger partial charge in [0.05, 0.1) is 11.6 Å². The molecule has 0 fully saturated rings. The minimum absolute atomic E-state index is 0.00118. The minimum atomic E-state index is -0.285. The van der Waals surface area contributed by atoms with Gasteiger partial charge in [-0.25, -0.2) is 0 Å². The predicted octanol–water partition coefficient (Wildman–Crippen LogP) is 3.02. The summed E-state index contributed by atoms with van der Waals surface area (Å²) in [4.78, 5) is 13.7. The standard InChI is InChI=1S/C15H23NO2/c1-12(13-9-7-6-8-10-13)16(5)14(17)11-18-15(2,3)4/h6-10,12H,11H2,1-5H3. The Morgan fingerprint density at radius 1 is 1.28 bits per heavy atom. The normalized spacial score (nSPS) is 13.2. The number of benzene rings is 1. The van der Waals surface area contributed by atoms with Crippen molar-refractivity contribution in [3.63, 3.8) is 0 Å². The van der Waals surface area contributed by atoms with Gasteiger partial charge in [0.2, 0.25) is 5.91 Å². The van der Waals surface area contributed by atoms with Crippen LogP contribution in [0.15, 0.2) is 30.3 Å². The van der Waals surface area contributed by atoms with Crippen molar-refractivity contribution >= 4 is 5.91 Å². The molecule has 0 aliphatic carbocycles. The molecule has 1 aromatic carbocycles. The molecule has 0 radical (unpaired) electrons. The van der Waals surface area contributed by atoms with E-state index in [4.69, 9.17) is 4.74 Å². The van der Waals surface area contributed by atoms with E-state index in [1.807, 2.05) is 65.1 Å². The predicted molar refractivity (Wildman–Crippen MR) is 73.3 cm³/mol. The smallest absolute Gasteiger partial charge is 0.248 e. The van der Waals surface area contributed by atoms with Crippen LogP contribution >= 0.6 is 0 Å². The number of rotatable bonds is 4. The molecule has 0 aromatic heterocycles. The molecule has 1 atom stereocenters. The second-order valence-corrected chi connectivity index (χ2v) is 5.49. The Morgan fingerprint density at radius 3 is 2.33 bits per heavy atom. The molecule has 3 heteroatoms. The maximum Gasteiger partial charge on any atom is 0.248 e. The largest absolute Gasteiger partial charge is 0.366 e. The Hall–Kier alpha value is -1.35. The maximum atomic E-state index is 12.0. The van der Waals surface area contributed by atoms with Crippen LogP contribution in [-0.2, 0) is 9.53 Å². The van der Waals surface area contributed by atoms with Crippen LogP contribution in [0.5, 0.6) is 0 Å². The molecule has 0 bridgehead atoms. The van der Waals surface area contributed by atoms with E-state index in [2.05, 4.69) is 0 Å². The molecule has 18 heavy (non-hydrogen) atoms. The molecule has 3 nitrogen and oxygen atoms in total. The van der Waals surface area contributed by atoms with E-state index in [1.165, 1.54) is 0 Å². The molecule has 1 aromatic rings. The van der Waals surface area contributed by atoms with Crippen molar-refractivity contribution in [2.75, 3.05) is 13.7 Å². The zero-order chi connectivity index (χ0) is 13.8. The van der Waals surface area contributed by atoms with Gasteiger partial charge in [0.15, 0.2) is 0 Å². The van der Waals surface area contributed by atoms with E-state index < -0.39 is 0 Å². The van der Waals surface area contributed by atoms with Crippen molar-refractivity contribution < 1.29 is 9.53 Å². The first kappa shape index (κ1) is 14.7. The average Bonchev–Trinajstić information content (AvgIpc) is 2.34. The molecule has 1 rings (SSSR count). The summed E-state index contributed by atoms with van der Waals surface area (Å²) in [6.07, 6.45) is 0. The lowest BCUT2D eigenvalue weighted by atomic mass is 10.1. The van der Waals surface area contributed by atoms with Gasteiger partial charge < -0.3 is 9.64 Å². The average molecular weight is 249 g/mol. The first-order chi connectivity index (χ1) is 8.31. The lowest BCUT2D eigenvalue weighted by Crippen LogP contribution is -2.35. The van der Waals surface area contributed by atoms with Crippen LogP contribution in [0.1, 0.15) is 39.3 Å². The fourth-order valence-electron chi connectivity index (χ4n) is 1.55. The molecule has 0 heterocycles.